The lowest BCUT2D eigenvalue weighted by molar-refractivity contribution is 0.493. The molecule has 2 N–H and O–H groups in total. The summed E-state index contributed by atoms with van der Waals surface area (Å²) in [5.41, 5.74) is 2.78. The highest BCUT2D eigenvalue weighted by atomic mass is 32.2. The zero-order valence-corrected chi connectivity index (χ0v) is 14.7. The number of aryl methyl sites for hydroxylation is 3. The van der Waals surface area contributed by atoms with Crippen LogP contribution in [0, 0.1) is 13.8 Å². The topological polar surface area (TPSA) is 96.8 Å². The van der Waals surface area contributed by atoms with Crippen molar-refractivity contribution in [3.63, 3.8) is 0 Å². The molecule has 0 saturated heterocycles. The number of rotatable bonds is 4. The van der Waals surface area contributed by atoms with Gasteiger partial charge in [0.05, 0.1) is 5.75 Å². The number of aromatic nitrogens is 3. The zero-order chi connectivity index (χ0) is 17.3. The number of benzene rings is 1. The van der Waals surface area contributed by atoms with Crippen molar-refractivity contribution in [1.29, 1.82) is 0 Å². The van der Waals surface area contributed by atoms with Gasteiger partial charge in [-0.1, -0.05) is 18.2 Å². The second-order valence-corrected chi connectivity index (χ2v) is 8.17. The standard InChI is InChI=1S/C16H22N4O3S/c1-11-3-4-13(9-12(11)2)10-24(22,23)19-14-5-6-15-17-18-16(21)20(15)8-7-14/h3-4,9,14,19H,5-8,10H2,1-2H3,(H,18,21). The first-order valence-electron chi connectivity index (χ1n) is 8.04. The predicted molar refractivity (Wildman–Crippen MR) is 91.2 cm³/mol. The molecule has 7 nitrogen and oxygen atoms in total. The molecule has 3 rings (SSSR count). The van der Waals surface area contributed by atoms with Gasteiger partial charge in [0, 0.05) is 19.0 Å². The first-order chi connectivity index (χ1) is 11.3. The average molecular weight is 350 g/mol. The minimum atomic E-state index is -3.43. The van der Waals surface area contributed by atoms with Gasteiger partial charge in [0.15, 0.2) is 0 Å². The third-order valence-corrected chi connectivity index (χ3v) is 5.93. The Kier molecular flexibility index (Phi) is 4.60. The van der Waals surface area contributed by atoms with Gasteiger partial charge in [0.2, 0.25) is 10.0 Å². The maximum absolute atomic E-state index is 12.5. The van der Waals surface area contributed by atoms with E-state index in [1.807, 2.05) is 32.0 Å². The molecule has 130 valence electrons. The molecule has 0 saturated carbocycles. The van der Waals surface area contributed by atoms with Crippen LogP contribution in [0.15, 0.2) is 23.0 Å². The summed E-state index contributed by atoms with van der Waals surface area (Å²) in [6.07, 6.45) is 1.80. The van der Waals surface area contributed by atoms with Crippen molar-refractivity contribution in [2.75, 3.05) is 0 Å². The van der Waals surface area contributed by atoms with Gasteiger partial charge in [-0.05, 0) is 43.4 Å². The summed E-state index contributed by atoms with van der Waals surface area (Å²) in [6, 6.07) is 5.53. The number of aromatic amines is 1. The van der Waals surface area contributed by atoms with Gasteiger partial charge < -0.3 is 0 Å². The van der Waals surface area contributed by atoms with Gasteiger partial charge in [-0.3, -0.25) is 4.57 Å². The molecule has 2 aromatic rings. The highest BCUT2D eigenvalue weighted by Gasteiger charge is 2.23. The van der Waals surface area contributed by atoms with Crippen molar-refractivity contribution in [2.45, 2.75) is 51.4 Å². The van der Waals surface area contributed by atoms with Gasteiger partial charge in [0.1, 0.15) is 5.82 Å². The predicted octanol–water partition coefficient (Wildman–Crippen LogP) is 1.01. The van der Waals surface area contributed by atoms with Crippen molar-refractivity contribution in [3.05, 3.63) is 51.2 Å². The molecule has 1 aromatic heterocycles. The third kappa shape index (κ3) is 3.76. The van der Waals surface area contributed by atoms with Crippen LogP contribution in [-0.2, 0) is 28.7 Å². The quantitative estimate of drug-likeness (QED) is 0.860. The first-order valence-corrected chi connectivity index (χ1v) is 9.69. The molecule has 1 unspecified atom stereocenters. The molecule has 0 amide bonds. The Bertz CT molecular complexity index is 898. The number of H-pyrrole nitrogens is 1. The number of hydrogen-bond donors (Lipinski definition) is 2. The Labute approximate surface area is 141 Å². The number of nitrogens with one attached hydrogen (secondary N) is 2. The Balaban J connectivity index is 1.66. The summed E-state index contributed by atoms with van der Waals surface area (Å²) in [4.78, 5) is 11.6. The van der Waals surface area contributed by atoms with Crippen LogP contribution in [0.3, 0.4) is 0 Å². The Morgan fingerprint density at radius 2 is 2.08 bits per heavy atom. The van der Waals surface area contributed by atoms with E-state index in [9.17, 15) is 13.2 Å². The molecule has 1 aromatic carbocycles. The number of nitrogens with zero attached hydrogens (tertiary/aromatic N) is 2. The van der Waals surface area contributed by atoms with Gasteiger partial charge in [-0.25, -0.2) is 23.0 Å². The van der Waals surface area contributed by atoms with Crippen molar-refractivity contribution in [2.24, 2.45) is 0 Å². The fourth-order valence-electron chi connectivity index (χ4n) is 3.03. The lowest BCUT2D eigenvalue weighted by Gasteiger charge is -2.16. The second kappa shape index (κ2) is 6.52. The number of fused-ring (bicyclic) bond motifs is 1. The smallest absolute Gasteiger partial charge is 0.279 e. The molecule has 1 aliphatic heterocycles. The Morgan fingerprint density at radius 1 is 1.29 bits per heavy atom. The second-order valence-electron chi connectivity index (χ2n) is 6.42. The van der Waals surface area contributed by atoms with E-state index < -0.39 is 10.0 Å². The molecule has 1 atom stereocenters. The summed E-state index contributed by atoms with van der Waals surface area (Å²) in [6.45, 7) is 4.45. The molecule has 0 spiro atoms. The molecule has 0 radical (unpaired) electrons. The Morgan fingerprint density at radius 3 is 2.83 bits per heavy atom. The lowest BCUT2D eigenvalue weighted by atomic mass is 10.1. The molecule has 24 heavy (non-hydrogen) atoms. The first kappa shape index (κ1) is 16.9. The monoisotopic (exact) mass is 350 g/mol. The van der Waals surface area contributed by atoms with Crippen LogP contribution in [0.25, 0.3) is 0 Å². The van der Waals surface area contributed by atoms with Crippen LogP contribution in [0.1, 0.15) is 35.4 Å². The molecule has 0 fully saturated rings. The Hall–Kier alpha value is -1.93. The SMILES string of the molecule is Cc1ccc(CS(=O)(=O)NC2CCc3n[nH]c(=O)n3CC2)cc1C. The molecule has 2 heterocycles. The summed E-state index contributed by atoms with van der Waals surface area (Å²) in [5.74, 6) is 0.659. The minimum Gasteiger partial charge on any atom is -0.279 e. The van der Waals surface area contributed by atoms with Gasteiger partial charge in [-0.15, -0.1) is 0 Å². The fourth-order valence-corrected chi connectivity index (χ4v) is 4.48. The maximum atomic E-state index is 12.5. The van der Waals surface area contributed by atoms with Gasteiger partial charge >= 0.3 is 5.69 Å². The molecule has 8 heteroatoms. The minimum absolute atomic E-state index is 0.0320. The van der Waals surface area contributed by atoms with Crippen molar-refractivity contribution >= 4 is 10.0 Å². The van der Waals surface area contributed by atoms with E-state index in [0.29, 0.717) is 31.6 Å². The molecule has 0 aliphatic carbocycles. The zero-order valence-electron chi connectivity index (χ0n) is 13.9. The number of hydrogen-bond acceptors (Lipinski definition) is 4. The third-order valence-electron chi connectivity index (χ3n) is 4.53. The average Bonchev–Trinajstić information content (AvgIpc) is 2.73. The van der Waals surface area contributed by atoms with E-state index in [2.05, 4.69) is 14.9 Å². The highest BCUT2D eigenvalue weighted by molar-refractivity contribution is 7.88. The van der Waals surface area contributed by atoms with Gasteiger partial charge in [-0.2, -0.15) is 5.10 Å². The molecular formula is C16H22N4O3S. The van der Waals surface area contributed by atoms with Gasteiger partial charge in [0.25, 0.3) is 0 Å². The van der Waals surface area contributed by atoms with E-state index in [4.69, 9.17) is 0 Å². The van der Waals surface area contributed by atoms with E-state index in [1.165, 1.54) is 0 Å². The lowest BCUT2D eigenvalue weighted by Crippen LogP contribution is -2.36. The van der Waals surface area contributed by atoms with E-state index in [1.54, 1.807) is 4.57 Å². The summed E-state index contributed by atoms with van der Waals surface area (Å²) in [5, 5.41) is 6.41. The molecule has 1 aliphatic rings. The van der Waals surface area contributed by atoms with E-state index >= 15 is 0 Å². The highest BCUT2D eigenvalue weighted by Crippen LogP contribution is 2.15. The van der Waals surface area contributed by atoms with E-state index in [-0.39, 0.29) is 17.5 Å². The van der Waals surface area contributed by atoms with Crippen LogP contribution in [-0.4, -0.2) is 29.2 Å². The van der Waals surface area contributed by atoms with Crippen LogP contribution in [0.5, 0.6) is 0 Å². The maximum Gasteiger partial charge on any atom is 0.343 e. The van der Waals surface area contributed by atoms with Crippen molar-refractivity contribution < 1.29 is 8.42 Å². The summed E-state index contributed by atoms with van der Waals surface area (Å²) < 4.78 is 29.3. The fraction of sp³-hybridized carbons (Fsp3) is 0.500. The summed E-state index contributed by atoms with van der Waals surface area (Å²) >= 11 is 0. The van der Waals surface area contributed by atoms with Crippen molar-refractivity contribution in [1.82, 2.24) is 19.5 Å². The van der Waals surface area contributed by atoms with Crippen LogP contribution in [0.2, 0.25) is 0 Å². The largest absolute Gasteiger partial charge is 0.343 e. The van der Waals surface area contributed by atoms with Crippen LogP contribution < -0.4 is 10.4 Å². The number of sulfonamides is 1. The van der Waals surface area contributed by atoms with Crippen LogP contribution in [0.4, 0.5) is 0 Å². The van der Waals surface area contributed by atoms with E-state index in [0.717, 1.165) is 16.7 Å². The normalized spacial score (nSPS) is 18.2. The van der Waals surface area contributed by atoms with Crippen LogP contribution >= 0.6 is 0 Å². The molecule has 0 bridgehead atoms. The molecular weight excluding hydrogens is 328 g/mol. The van der Waals surface area contributed by atoms with Crippen molar-refractivity contribution in [3.8, 4) is 0 Å². The summed E-state index contributed by atoms with van der Waals surface area (Å²) in [7, 11) is -3.43.